The number of carbonyl (C=O) groups is 3. The molecule has 1 N–H and O–H groups in total. The summed E-state index contributed by atoms with van der Waals surface area (Å²) >= 11 is 0. The summed E-state index contributed by atoms with van der Waals surface area (Å²) in [5.74, 6) is -0.589. The van der Waals surface area contributed by atoms with E-state index < -0.39 is 4.92 Å². The first-order chi connectivity index (χ1) is 15.4. The number of ether oxygens (including phenoxy) is 1. The van der Waals surface area contributed by atoms with Crippen LogP contribution in [-0.4, -0.2) is 65.4 Å². The Balaban J connectivity index is 1.70. The molecule has 10 heteroatoms. The third-order valence-electron chi connectivity index (χ3n) is 6.08. The quantitative estimate of drug-likeness (QED) is 0.335. The highest BCUT2D eigenvalue weighted by molar-refractivity contribution is 5.98. The van der Waals surface area contributed by atoms with Crippen molar-refractivity contribution >= 4 is 23.5 Å². The van der Waals surface area contributed by atoms with E-state index in [0.29, 0.717) is 25.1 Å². The van der Waals surface area contributed by atoms with Crippen molar-refractivity contribution in [2.45, 2.75) is 51.1 Å². The molecule has 1 saturated carbocycles. The first-order valence-corrected chi connectivity index (χ1v) is 11.0. The number of non-ortho nitro benzene ring substituents is 1. The lowest BCUT2D eigenvalue weighted by Crippen LogP contribution is -2.62. The summed E-state index contributed by atoms with van der Waals surface area (Å²) in [7, 11) is 1.55. The van der Waals surface area contributed by atoms with Gasteiger partial charge in [0.25, 0.3) is 5.69 Å². The van der Waals surface area contributed by atoms with E-state index in [2.05, 4.69) is 5.32 Å². The number of carbonyl (C=O) groups excluding carboxylic acids is 3. The Bertz CT molecular complexity index is 861. The van der Waals surface area contributed by atoms with Crippen molar-refractivity contribution in [3.63, 3.8) is 0 Å². The Labute approximate surface area is 187 Å². The van der Waals surface area contributed by atoms with Gasteiger partial charge < -0.3 is 15.0 Å². The van der Waals surface area contributed by atoms with Crippen LogP contribution in [0.3, 0.4) is 0 Å². The standard InChI is InChI=1S/C22H30N4O6/c1-32-13-11-23-20(27)10-5-12-24-21(28)18-8-2-3-9-19(18)25(22(24)29)15-16-6-4-7-17(14-16)26(30)31/h4,6-7,14,18-19H,2-3,5,8-13,15H2,1H3,(H,23,27). The van der Waals surface area contributed by atoms with Gasteiger partial charge in [0.2, 0.25) is 11.8 Å². The summed E-state index contributed by atoms with van der Waals surface area (Å²) in [6.07, 6.45) is 3.91. The molecular formula is C22H30N4O6. The maximum absolute atomic E-state index is 13.3. The smallest absolute Gasteiger partial charge is 0.327 e. The van der Waals surface area contributed by atoms with Gasteiger partial charge >= 0.3 is 6.03 Å². The highest BCUT2D eigenvalue weighted by atomic mass is 16.6. The molecule has 0 radical (unpaired) electrons. The van der Waals surface area contributed by atoms with E-state index in [-0.39, 0.29) is 55.0 Å². The van der Waals surface area contributed by atoms with Crippen molar-refractivity contribution in [2.24, 2.45) is 5.92 Å². The van der Waals surface area contributed by atoms with Crippen molar-refractivity contribution in [1.29, 1.82) is 0 Å². The number of urea groups is 1. The number of methoxy groups -OCH3 is 1. The maximum Gasteiger partial charge on any atom is 0.327 e. The number of fused-ring (bicyclic) bond motifs is 1. The molecule has 1 saturated heterocycles. The van der Waals surface area contributed by atoms with Crippen LogP contribution in [0.15, 0.2) is 24.3 Å². The largest absolute Gasteiger partial charge is 0.383 e. The molecule has 1 aromatic carbocycles. The van der Waals surface area contributed by atoms with Gasteiger partial charge in [0.15, 0.2) is 0 Å². The fraction of sp³-hybridized carbons (Fsp3) is 0.591. The first-order valence-electron chi connectivity index (χ1n) is 11.0. The average Bonchev–Trinajstić information content (AvgIpc) is 2.79. The van der Waals surface area contributed by atoms with Gasteiger partial charge in [-0.25, -0.2) is 4.79 Å². The highest BCUT2D eigenvalue weighted by Crippen LogP contribution is 2.35. The number of imide groups is 1. The van der Waals surface area contributed by atoms with Crippen LogP contribution in [0.4, 0.5) is 10.5 Å². The van der Waals surface area contributed by atoms with Gasteiger partial charge in [-0.1, -0.05) is 25.0 Å². The molecule has 4 amide bonds. The van der Waals surface area contributed by atoms with Crippen LogP contribution in [0, 0.1) is 16.0 Å². The minimum Gasteiger partial charge on any atom is -0.383 e. The van der Waals surface area contributed by atoms with Crippen LogP contribution in [-0.2, 0) is 20.9 Å². The number of amides is 4. The van der Waals surface area contributed by atoms with E-state index in [1.807, 2.05) is 0 Å². The molecule has 174 valence electrons. The van der Waals surface area contributed by atoms with Crippen LogP contribution in [0.1, 0.15) is 44.1 Å². The number of nitro groups is 1. The summed E-state index contributed by atoms with van der Waals surface area (Å²) in [6, 6.07) is 5.66. The van der Waals surface area contributed by atoms with Crippen molar-refractivity contribution in [3.8, 4) is 0 Å². The lowest BCUT2D eigenvalue weighted by molar-refractivity contribution is -0.384. The molecule has 2 aliphatic rings. The van der Waals surface area contributed by atoms with Crippen LogP contribution >= 0.6 is 0 Å². The Morgan fingerprint density at radius 2 is 2.06 bits per heavy atom. The number of benzene rings is 1. The van der Waals surface area contributed by atoms with Crippen LogP contribution < -0.4 is 5.32 Å². The molecule has 0 bridgehead atoms. The van der Waals surface area contributed by atoms with Gasteiger partial charge in [0.05, 0.1) is 17.4 Å². The summed E-state index contributed by atoms with van der Waals surface area (Å²) in [4.78, 5) is 51.9. The second-order valence-electron chi connectivity index (χ2n) is 8.23. The summed E-state index contributed by atoms with van der Waals surface area (Å²) in [5, 5.41) is 13.8. The number of hydrogen-bond donors (Lipinski definition) is 1. The predicted octanol–water partition coefficient (Wildman–Crippen LogP) is 2.46. The molecule has 1 aliphatic carbocycles. The minimum absolute atomic E-state index is 0.0282. The van der Waals surface area contributed by atoms with E-state index in [1.165, 1.54) is 17.0 Å². The summed E-state index contributed by atoms with van der Waals surface area (Å²) in [5.41, 5.74) is 0.628. The number of nitrogens with zero attached hydrogens (tertiary/aromatic N) is 3. The molecule has 1 heterocycles. The average molecular weight is 447 g/mol. The minimum atomic E-state index is -0.460. The molecule has 1 aromatic rings. The van der Waals surface area contributed by atoms with Crippen molar-refractivity contribution < 1.29 is 24.0 Å². The Kier molecular flexibility index (Phi) is 8.15. The van der Waals surface area contributed by atoms with Gasteiger partial charge in [-0.15, -0.1) is 0 Å². The second kappa shape index (κ2) is 11.0. The molecule has 10 nitrogen and oxygen atoms in total. The Morgan fingerprint density at radius 3 is 2.81 bits per heavy atom. The third kappa shape index (κ3) is 5.61. The number of hydrogen-bond acceptors (Lipinski definition) is 6. The van der Waals surface area contributed by atoms with Crippen molar-refractivity contribution in [3.05, 3.63) is 39.9 Å². The van der Waals surface area contributed by atoms with Gasteiger partial charge in [-0.05, 0) is 24.8 Å². The monoisotopic (exact) mass is 446 g/mol. The lowest BCUT2D eigenvalue weighted by atomic mass is 9.81. The SMILES string of the molecule is COCCNC(=O)CCCN1C(=O)C2CCCCC2N(Cc2cccc([N+](=O)[O-])c2)C1=O. The molecular weight excluding hydrogens is 416 g/mol. The van der Waals surface area contributed by atoms with E-state index in [0.717, 1.165) is 25.7 Å². The zero-order valence-corrected chi connectivity index (χ0v) is 18.3. The zero-order chi connectivity index (χ0) is 23.1. The van der Waals surface area contributed by atoms with Crippen LogP contribution in [0.2, 0.25) is 0 Å². The summed E-state index contributed by atoms with van der Waals surface area (Å²) in [6.45, 7) is 1.22. The Hall–Kier alpha value is -3.01. The summed E-state index contributed by atoms with van der Waals surface area (Å²) < 4.78 is 4.90. The maximum atomic E-state index is 13.3. The first kappa shape index (κ1) is 23.6. The highest BCUT2D eigenvalue weighted by Gasteiger charge is 2.46. The van der Waals surface area contributed by atoms with Gasteiger partial charge in [-0.2, -0.15) is 0 Å². The molecule has 2 unspecified atom stereocenters. The fourth-order valence-corrected chi connectivity index (χ4v) is 4.50. The van der Waals surface area contributed by atoms with E-state index in [9.17, 15) is 24.5 Å². The molecule has 2 atom stereocenters. The normalized spacial score (nSPS) is 20.8. The molecule has 32 heavy (non-hydrogen) atoms. The zero-order valence-electron chi connectivity index (χ0n) is 18.3. The fourth-order valence-electron chi connectivity index (χ4n) is 4.50. The van der Waals surface area contributed by atoms with Gasteiger partial charge in [-0.3, -0.25) is 24.6 Å². The number of rotatable bonds is 10. The van der Waals surface area contributed by atoms with Crippen molar-refractivity contribution in [2.75, 3.05) is 26.8 Å². The van der Waals surface area contributed by atoms with Gasteiger partial charge in [0, 0.05) is 51.3 Å². The predicted molar refractivity (Wildman–Crippen MR) is 116 cm³/mol. The van der Waals surface area contributed by atoms with Crippen LogP contribution in [0.25, 0.3) is 0 Å². The molecule has 0 aromatic heterocycles. The molecule has 2 fully saturated rings. The second-order valence-corrected chi connectivity index (χ2v) is 8.23. The van der Waals surface area contributed by atoms with E-state index >= 15 is 0 Å². The number of nitro benzene ring substituents is 1. The van der Waals surface area contributed by atoms with E-state index in [4.69, 9.17) is 4.74 Å². The van der Waals surface area contributed by atoms with E-state index in [1.54, 1.807) is 24.1 Å². The molecule has 0 spiro atoms. The molecule has 3 rings (SSSR count). The van der Waals surface area contributed by atoms with Crippen molar-refractivity contribution in [1.82, 2.24) is 15.1 Å². The number of nitrogens with one attached hydrogen (secondary N) is 1. The Morgan fingerprint density at radius 1 is 1.28 bits per heavy atom. The molecule has 1 aliphatic heterocycles. The lowest BCUT2D eigenvalue weighted by Gasteiger charge is -2.47. The topological polar surface area (TPSA) is 122 Å². The third-order valence-corrected chi connectivity index (χ3v) is 6.08. The van der Waals surface area contributed by atoms with Crippen LogP contribution in [0.5, 0.6) is 0 Å². The van der Waals surface area contributed by atoms with Gasteiger partial charge in [0.1, 0.15) is 0 Å².